The van der Waals surface area contributed by atoms with Gasteiger partial charge in [-0.15, -0.1) is 0 Å². The second kappa shape index (κ2) is 20.2. The lowest BCUT2D eigenvalue weighted by Crippen LogP contribution is -2.31. The standard InChI is InChI=1S/C42H52O8/c1-5-8-10-11-12-14-16-40(50-39(43)7-3)47-35-23-17-31(18-24-35)32-19-25-36(26-20-32)48-42(45)33-21-27-34(28-22-33)46-37(15-13-9-6-2)38-29-30(4)41(44)49-38/h7,17,19-23,25-28,37-38,40H,3-6,8-16,18,24,29H2,1-2H3. The lowest BCUT2D eigenvalue weighted by Gasteiger charge is -2.24. The van der Waals surface area contributed by atoms with Gasteiger partial charge < -0.3 is 23.7 Å². The molecule has 4 rings (SSSR count). The van der Waals surface area contributed by atoms with Gasteiger partial charge in [0.05, 0.1) is 5.56 Å². The summed E-state index contributed by atoms with van der Waals surface area (Å²) in [5, 5.41) is 0. The lowest BCUT2D eigenvalue weighted by atomic mass is 9.96. The van der Waals surface area contributed by atoms with Gasteiger partial charge in [0.1, 0.15) is 29.5 Å². The highest BCUT2D eigenvalue weighted by molar-refractivity contribution is 5.91. The van der Waals surface area contributed by atoms with E-state index in [-0.39, 0.29) is 18.2 Å². The van der Waals surface area contributed by atoms with Crippen molar-refractivity contribution in [2.24, 2.45) is 0 Å². The average Bonchev–Trinajstić information content (AvgIpc) is 3.47. The molecule has 2 aromatic carbocycles. The highest BCUT2D eigenvalue weighted by atomic mass is 16.7. The third-order valence-corrected chi connectivity index (χ3v) is 8.92. The number of hydrogen-bond acceptors (Lipinski definition) is 8. The number of cyclic esters (lactones) is 1. The van der Waals surface area contributed by atoms with E-state index in [0.717, 1.165) is 61.8 Å². The summed E-state index contributed by atoms with van der Waals surface area (Å²) in [7, 11) is 0. The molecule has 8 nitrogen and oxygen atoms in total. The summed E-state index contributed by atoms with van der Waals surface area (Å²) < 4.78 is 29.0. The first-order valence-corrected chi connectivity index (χ1v) is 18.2. The van der Waals surface area contributed by atoms with Gasteiger partial charge >= 0.3 is 17.9 Å². The second-order valence-corrected chi connectivity index (χ2v) is 12.9. The molecule has 0 amide bonds. The Kier molecular flexibility index (Phi) is 15.4. The van der Waals surface area contributed by atoms with Crippen LogP contribution in [-0.2, 0) is 23.8 Å². The third kappa shape index (κ3) is 12.1. The van der Waals surface area contributed by atoms with E-state index in [4.69, 9.17) is 23.7 Å². The zero-order chi connectivity index (χ0) is 35.7. The van der Waals surface area contributed by atoms with Gasteiger partial charge in [-0.2, -0.15) is 0 Å². The molecule has 268 valence electrons. The number of hydrogen-bond donors (Lipinski definition) is 0. The minimum atomic E-state index is -0.627. The topological polar surface area (TPSA) is 97.4 Å². The van der Waals surface area contributed by atoms with Gasteiger partial charge in [0, 0.05) is 30.9 Å². The Labute approximate surface area is 297 Å². The van der Waals surface area contributed by atoms with Crippen molar-refractivity contribution in [2.75, 3.05) is 0 Å². The van der Waals surface area contributed by atoms with E-state index in [0.29, 0.717) is 41.9 Å². The molecule has 0 N–H and O–H groups in total. The minimum Gasteiger partial charge on any atom is -0.487 e. The van der Waals surface area contributed by atoms with Gasteiger partial charge in [0.15, 0.2) is 0 Å². The molecule has 3 atom stereocenters. The van der Waals surface area contributed by atoms with Crippen LogP contribution in [0.1, 0.15) is 120 Å². The average molecular weight is 685 g/mol. The normalized spacial score (nSPS) is 16.8. The first-order valence-electron chi connectivity index (χ1n) is 18.2. The quantitative estimate of drug-likeness (QED) is 0.0421. The first-order chi connectivity index (χ1) is 24.3. The molecule has 0 aromatic heterocycles. The van der Waals surface area contributed by atoms with E-state index >= 15 is 0 Å². The van der Waals surface area contributed by atoms with Crippen LogP contribution < -0.4 is 9.47 Å². The summed E-state index contributed by atoms with van der Waals surface area (Å²) in [6.07, 6.45) is 17.1. The maximum atomic E-state index is 12.9. The Morgan fingerprint density at radius 1 is 0.840 bits per heavy atom. The van der Waals surface area contributed by atoms with Crippen LogP contribution in [0.3, 0.4) is 0 Å². The Hall–Kier alpha value is -4.59. The number of benzene rings is 2. The molecule has 2 aromatic rings. The van der Waals surface area contributed by atoms with Crippen LogP contribution in [0.25, 0.3) is 5.57 Å². The van der Waals surface area contributed by atoms with Gasteiger partial charge in [-0.1, -0.05) is 90.2 Å². The van der Waals surface area contributed by atoms with Crippen molar-refractivity contribution < 1.29 is 38.1 Å². The molecule has 1 fully saturated rings. The number of esters is 3. The van der Waals surface area contributed by atoms with Gasteiger partial charge in [0.25, 0.3) is 0 Å². The zero-order valence-corrected chi connectivity index (χ0v) is 29.7. The van der Waals surface area contributed by atoms with Crippen molar-refractivity contribution in [1.82, 2.24) is 0 Å². The molecule has 1 aliphatic carbocycles. The molecule has 0 radical (unpaired) electrons. The molecule has 1 saturated heterocycles. The van der Waals surface area contributed by atoms with Crippen LogP contribution in [0.4, 0.5) is 0 Å². The number of rotatable bonds is 21. The van der Waals surface area contributed by atoms with Crippen LogP contribution in [0.2, 0.25) is 0 Å². The maximum absolute atomic E-state index is 12.9. The fourth-order valence-electron chi connectivity index (χ4n) is 6.00. The van der Waals surface area contributed by atoms with Crippen LogP contribution in [0.15, 0.2) is 91.2 Å². The number of carbonyl (C=O) groups excluding carboxylic acids is 3. The molecule has 3 unspecified atom stereocenters. The Morgan fingerprint density at radius 2 is 1.50 bits per heavy atom. The van der Waals surface area contributed by atoms with E-state index in [1.54, 1.807) is 36.4 Å². The highest BCUT2D eigenvalue weighted by Gasteiger charge is 2.35. The van der Waals surface area contributed by atoms with Crippen molar-refractivity contribution in [2.45, 2.75) is 122 Å². The molecule has 0 bridgehead atoms. The fraction of sp³-hybridized carbons (Fsp3) is 0.452. The molecular weight excluding hydrogens is 632 g/mol. The number of carbonyl (C=O) groups is 3. The summed E-state index contributed by atoms with van der Waals surface area (Å²) >= 11 is 0. The van der Waals surface area contributed by atoms with E-state index in [2.05, 4.69) is 27.0 Å². The predicted octanol–water partition coefficient (Wildman–Crippen LogP) is 9.99. The zero-order valence-electron chi connectivity index (χ0n) is 29.7. The van der Waals surface area contributed by atoms with Crippen molar-refractivity contribution in [1.29, 1.82) is 0 Å². The number of ether oxygens (including phenoxy) is 5. The predicted molar refractivity (Wildman–Crippen MR) is 194 cm³/mol. The molecule has 0 spiro atoms. The third-order valence-electron chi connectivity index (χ3n) is 8.92. The maximum Gasteiger partial charge on any atom is 0.343 e. The monoisotopic (exact) mass is 684 g/mol. The van der Waals surface area contributed by atoms with E-state index < -0.39 is 18.2 Å². The molecule has 0 saturated carbocycles. The first kappa shape index (κ1) is 38.2. The molecule has 2 aliphatic rings. The van der Waals surface area contributed by atoms with E-state index in [1.807, 2.05) is 24.3 Å². The minimum absolute atomic E-state index is 0.288. The summed E-state index contributed by atoms with van der Waals surface area (Å²) in [5.41, 5.74) is 3.01. The SMILES string of the molecule is C=CC(=O)OC(CCCCCCCC)OC1=CC=C(c2ccc(OC(=O)c3ccc(OC(CCCCC)C4CC(=C)C(=O)O4)cc3)cc2)CC1. The Bertz CT molecular complexity index is 1490. The summed E-state index contributed by atoms with van der Waals surface area (Å²) in [6, 6.07) is 14.2. The van der Waals surface area contributed by atoms with Crippen LogP contribution in [0, 0.1) is 0 Å². The van der Waals surface area contributed by atoms with Gasteiger partial charge in [0.2, 0.25) is 6.29 Å². The smallest absolute Gasteiger partial charge is 0.343 e. The summed E-state index contributed by atoms with van der Waals surface area (Å²) in [4.78, 5) is 36.7. The largest absolute Gasteiger partial charge is 0.487 e. The lowest BCUT2D eigenvalue weighted by molar-refractivity contribution is -0.167. The van der Waals surface area contributed by atoms with E-state index in [9.17, 15) is 14.4 Å². The number of allylic oxidation sites excluding steroid dienone is 4. The van der Waals surface area contributed by atoms with Gasteiger partial charge in [-0.05, 0) is 79.3 Å². The molecular formula is C42H52O8. The van der Waals surface area contributed by atoms with Crippen LogP contribution in [0.5, 0.6) is 11.5 Å². The van der Waals surface area contributed by atoms with Crippen molar-refractivity contribution >= 4 is 23.5 Å². The molecule has 50 heavy (non-hydrogen) atoms. The van der Waals surface area contributed by atoms with E-state index in [1.165, 1.54) is 31.8 Å². The molecule has 1 aliphatic heterocycles. The second-order valence-electron chi connectivity index (χ2n) is 12.9. The van der Waals surface area contributed by atoms with Gasteiger partial charge in [-0.25, -0.2) is 14.4 Å². The van der Waals surface area contributed by atoms with Crippen LogP contribution in [-0.4, -0.2) is 36.4 Å². The Balaban J connectivity index is 1.29. The Morgan fingerprint density at radius 3 is 2.14 bits per heavy atom. The summed E-state index contributed by atoms with van der Waals surface area (Å²) in [6.45, 7) is 11.6. The molecule has 1 heterocycles. The van der Waals surface area contributed by atoms with Crippen LogP contribution >= 0.6 is 0 Å². The van der Waals surface area contributed by atoms with Crippen molar-refractivity contribution in [3.05, 3.63) is 102 Å². The molecule has 8 heteroatoms. The van der Waals surface area contributed by atoms with Crippen molar-refractivity contribution in [3.8, 4) is 11.5 Å². The van der Waals surface area contributed by atoms with Crippen molar-refractivity contribution in [3.63, 3.8) is 0 Å². The highest BCUT2D eigenvalue weighted by Crippen LogP contribution is 2.31. The fourth-order valence-corrected chi connectivity index (χ4v) is 6.00. The number of unbranched alkanes of at least 4 members (excludes halogenated alkanes) is 7. The summed E-state index contributed by atoms with van der Waals surface area (Å²) in [5.74, 6) is 0.492. The van der Waals surface area contributed by atoms with Gasteiger partial charge in [-0.3, -0.25) is 0 Å².